The molecule has 146 valence electrons. The van der Waals surface area contributed by atoms with Crippen molar-refractivity contribution in [2.75, 3.05) is 16.9 Å². The molecule has 1 heterocycles. The Morgan fingerprint density at radius 1 is 1.18 bits per heavy atom. The number of carbonyl (C=O) groups excluding carboxylic acids is 2. The normalized spacial score (nSPS) is 14.4. The zero-order chi connectivity index (χ0) is 20.1. The van der Waals surface area contributed by atoms with E-state index in [2.05, 4.69) is 10.4 Å². The number of aryl methyl sites for hydroxylation is 1. The summed E-state index contributed by atoms with van der Waals surface area (Å²) in [5.74, 6) is -0.883. The molecule has 1 amide bonds. The second kappa shape index (κ2) is 8.69. The Balaban J connectivity index is 1.59. The summed E-state index contributed by atoms with van der Waals surface area (Å²) in [6.07, 6.45) is 0.845. The van der Waals surface area contributed by atoms with Crippen molar-refractivity contribution >= 4 is 29.0 Å². The molecule has 2 aromatic carbocycles. The first-order valence-electron chi connectivity index (χ1n) is 9.49. The highest BCUT2D eigenvalue weighted by molar-refractivity contribution is 5.98. The molecule has 1 atom stereocenters. The lowest BCUT2D eigenvalue weighted by Gasteiger charge is -2.16. The van der Waals surface area contributed by atoms with Crippen molar-refractivity contribution < 1.29 is 14.3 Å². The Morgan fingerprint density at radius 3 is 2.54 bits per heavy atom. The second-order valence-electron chi connectivity index (χ2n) is 6.80. The van der Waals surface area contributed by atoms with E-state index in [4.69, 9.17) is 4.74 Å². The van der Waals surface area contributed by atoms with Crippen molar-refractivity contribution in [3.8, 4) is 0 Å². The van der Waals surface area contributed by atoms with E-state index in [0.29, 0.717) is 5.56 Å². The van der Waals surface area contributed by atoms with Gasteiger partial charge in [-0.2, -0.15) is 5.10 Å². The minimum absolute atomic E-state index is 0.354. The number of amides is 1. The van der Waals surface area contributed by atoms with E-state index < -0.39 is 12.1 Å². The number of ether oxygens (including phenoxy) is 1. The maximum atomic E-state index is 12.4. The van der Waals surface area contributed by atoms with E-state index in [0.717, 1.165) is 42.0 Å². The standard InChI is InChI=1S/C22H25N3O3/c1-4-17-7-5-6-8-20(17)23-21(26)16(3)28-22(27)18-9-11-19(12-10-18)25-14-13-15(2)24-25/h5-12,16H,4,13-14H2,1-3H3,(H,23,26). The summed E-state index contributed by atoms with van der Waals surface area (Å²) in [5, 5.41) is 9.18. The molecule has 2 aromatic rings. The van der Waals surface area contributed by atoms with Gasteiger partial charge in [-0.25, -0.2) is 4.79 Å². The fraction of sp³-hybridized carbons (Fsp3) is 0.318. The van der Waals surface area contributed by atoms with E-state index >= 15 is 0 Å². The molecule has 1 aliphatic rings. The molecule has 0 aromatic heterocycles. The molecule has 1 aliphatic heterocycles. The first kappa shape index (κ1) is 19.6. The van der Waals surface area contributed by atoms with Crippen molar-refractivity contribution in [1.82, 2.24) is 0 Å². The monoisotopic (exact) mass is 379 g/mol. The third-order valence-corrected chi connectivity index (χ3v) is 4.69. The van der Waals surface area contributed by atoms with Crippen molar-refractivity contribution in [3.63, 3.8) is 0 Å². The Hall–Kier alpha value is -3.15. The van der Waals surface area contributed by atoms with Gasteiger partial charge in [0.25, 0.3) is 5.91 Å². The van der Waals surface area contributed by atoms with Crippen LogP contribution in [0.25, 0.3) is 0 Å². The summed E-state index contributed by atoms with van der Waals surface area (Å²) >= 11 is 0. The zero-order valence-electron chi connectivity index (χ0n) is 16.4. The lowest BCUT2D eigenvalue weighted by molar-refractivity contribution is -0.123. The molecule has 0 saturated heterocycles. The Labute approximate surface area is 165 Å². The smallest absolute Gasteiger partial charge is 0.338 e. The van der Waals surface area contributed by atoms with Crippen LogP contribution in [0.5, 0.6) is 0 Å². The molecule has 3 rings (SSSR count). The van der Waals surface area contributed by atoms with E-state index in [1.54, 1.807) is 19.1 Å². The highest BCUT2D eigenvalue weighted by Crippen LogP contribution is 2.21. The van der Waals surface area contributed by atoms with Gasteiger partial charge in [-0.3, -0.25) is 9.80 Å². The van der Waals surface area contributed by atoms with Crippen LogP contribution in [0.3, 0.4) is 0 Å². The Kier molecular flexibility index (Phi) is 6.09. The molecular weight excluding hydrogens is 354 g/mol. The largest absolute Gasteiger partial charge is 0.449 e. The topological polar surface area (TPSA) is 71.0 Å². The lowest BCUT2D eigenvalue weighted by Crippen LogP contribution is -2.30. The summed E-state index contributed by atoms with van der Waals surface area (Å²) in [7, 11) is 0. The number of nitrogens with zero attached hydrogens (tertiary/aromatic N) is 2. The molecule has 6 nitrogen and oxygen atoms in total. The number of hydrogen-bond acceptors (Lipinski definition) is 5. The fourth-order valence-electron chi connectivity index (χ4n) is 3.00. The molecule has 28 heavy (non-hydrogen) atoms. The second-order valence-corrected chi connectivity index (χ2v) is 6.80. The summed E-state index contributed by atoms with van der Waals surface area (Å²) in [6, 6.07) is 14.6. The van der Waals surface area contributed by atoms with Gasteiger partial charge in [-0.05, 0) is 56.2 Å². The number of rotatable bonds is 6. The van der Waals surface area contributed by atoms with Gasteiger partial charge in [-0.1, -0.05) is 25.1 Å². The molecule has 0 bridgehead atoms. The number of hydrogen-bond donors (Lipinski definition) is 1. The maximum Gasteiger partial charge on any atom is 0.338 e. The van der Waals surface area contributed by atoms with Crippen LogP contribution in [-0.4, -0.2) is 30.2 Å². The Morgan fingerprint density at radius 2 is 1.89 bits per heavy atom. The van der Waals surface area contributed by atoms with Crippen molar-refractivity contribution in [1.29, 1.82) is 0 Å². The van der Waals surface area contributed by atoms with Crippen molar-refractivity contribution in [2.45, 2.75) is 39.7 Å². The summed E-state index contributed by atoms with van der Waals surface area (Å²) in [6.45, 7) is 6.42. The van der Waals surface area contributed by atoms with Crippen LogP contribution in [0.1, 0.15) is 43.1 Å². The number of benzene rings is 2. The number of nitrogens with one attached hydrogen (secondary N) is 1. The van der Waals surface area contributed by atoms with Gasteiger partial charge in [0.2, 0.25) is 0 Å². The average Bonchev–Trinajstić information content (AvgIpc) is 3.14. The van der Waals surface area contributed by atoms with Gasteiger partial charge in [0.05, 0.1) is 11.3 Å². The number of esters is 1. The first-order valence-corrected chi connectivity index (χ1v) is 9.49. The van der Waals surface area contributed by atoms with Crippen LogP contribution >= 0.6 is 0 Å². The highest BCUT2D eigenvalue weighted by Gasteiger charge is 2.20. The van der Waals surface area contributed by atoms with Gasteiger partial charge in [0.1, 0.15) is 0 Å². The molecule has 0 radical (unpaired) electrons. The zero-order valence-corrected chi connectivity index (χ0v) is 16.4. The van der Waals surface area contributed by atoms with Gasteiger partial charge in [0, 0.05) is 24.4 Å². The molecule has 0 fully saturated rings. The van der Waals surface area contributed by atoms with Crippen LogP contribution in [0.15, 0.2) is 53.6 Å². The first-order chi connectivity index (χ1) is 13.5. The molecule has 1 unspecified atom stereocenters. The predicted octanol–water partition coefficient (Wildman–Crippen LogP) is 4.02. The summed E-state index contributed by atoms with van der Waals surface area (Å²) in [4.78, 5) is 24.8. The fourth-order valence-corrected chi connectivity index (χ4v) is 3.00. The van der Waals surface area contributed by atoms with E-state index in [-0.39, 0.29) is 5.91 Å². The van der Waals surface area contributed by atoms with E-state index in [9.17, 15) is 9.59 Å². The quantitative estimate of drug-likeness (QED) is 0.770. The van der Waals surface area contributed by atoms with Gasteiger partial charge in [0.15, 0.2) is 6.10 Å². The SMILES string of the molecule is CCc1ccccc1NC(=O)C(C)OC(=O)c1ccc(N2CCC(C)=N2)cc1. The minimum Gasteiger partial charge on any atom is -0.449 e. The number of anilines is 2. The third kappa shape index (κ3) is 4.57. The lowest BCUT2D eigenvalue weighted by atomic mass is 10.1. The average molecular weight is 379 g/mol. The minimum atomic E-state index is -0.900. The molecular formula is C22H25N3O3. The van der Waals surface area contributed by atoms with Crippen LogP contribution in [0.4, 0.5) is 11.4 Å². The number of hydrazone groups is 1. The third-order valence-electron chi connectivity index (χ3n) is 4.69. The van der Waals surface area contributed by atoms with Gasteiger partial charge >= 0.3 is 5.97 Å². The van der Waals surface area contributed by atoms with Gasteiger partial charge < -0.3 is 10.1 Å². The van der Waals surface area contributed by atoms with Crippen LogP contribution in [0.2, 0.25) is 0 Å². The maximum absolute atomic E-state index is 12.4. The molecule has 0 spiro atoms. The molecule has 0 aliphatic carbocycles. The van der Waals surface area contributed by atoms with Crippen LogP contribution < -0.4 is 10.3 Å². The van der Waals surface area contributed by atoms with Crippen molar-refractivity contribution in [3.05, 3.63) is 59.7 Å². The highest BCUT2D eigenvalue weighted by atomic mass is 16.5. The van der Waals surface area contributed by atoms with Crippen molar-refractivity contribution in [2.24, 2.45) is 5.10 Å². The van der Waals surface area contributed by atoms with Gasteiger partial charge in [-0.15, -0.1) is 0 Å². The summed E-state index contributed by atoms with van der Waals surface area (Å²) < 4.78 is 5.33. The molecule has 6 heteroatoms. The predicted molar refractivity (Wildman–Crippen MR) is 111 cm³/mol. The number of carbonyl (C=O) groups is 2. The van der Waals surface area contributed by atoms with E-state index in [1.165, 1.54) is 0 Å². The summed E-state index contributed by atoms with van der Waals surface area (Å²) in [5.41, 5.74) is 4.19. The number of para-hydroxylation sites is 1. The Bertz CT molecular complexity index is 890. The van der Waals surface area contributed by atoms with E-state index in [1.807, 2.05) is 55.3 Å². The molecule has 1 N–H and O–H groups in total. The van der Waals surface area contributed by atoms with Crippen LogP contribution in [-0.2, 0) is 16.0 Å². The molecule has 0 saturated carbocycles. The van der Waals surface area contributed by atoms with Crippen LogP contribution in [0, 0.1) is 0 Å².